The molecule has 0 aliphatic heterocycles. The Balaban J connectivity index is 2.28. The van der Waals surface area contributed by atoms with Crippen LogP contribution in [0.3, 0.4) is 0 Å². The molecule has 19 heavy (non-hydrogen) atoms. The van der Waals surface area contributed by atoms with Crippen LogP contribution >= 0.6 is 11.6 Å². The average Bonchev–Trinajstić information content (AvgIpc) is 2.40. The minimum absolute atomic E-state index is 0.223. The number of aromatic hydroxyl groups is 1. The fraction of sp³-hybridized carbons (Fsp3) is 0.0667. The number of rotatable bonds is 4. The normalized spacial score (nSPS) is 10.8. The summed E-state index contributed by atoms with van der Waals surface area (Å²) < 4.78 is 0. The Bertz CT molecular complexity index is 623. The van der Waals surface area contributed by atoms with Crippen LogP contribution in [0.25, 0.3) is 0 Å². The molecule has 0 aliphatic carbocycles. The van der Waals surface area contributed by atoms with Crippen LogP contribution in [0.1, 0.15) is 11.1 Å². The Morgan fingerprint density at radius 2 is 2.21 bits per heavy atom. The van der Waals surface area contributed by atoms with Crippen molar-refractivity contribution in [2.45, 2.75) is 6.42 Å². The minimum atomic E-state index is 0.223. The summed E-state index contributed by atoms with van der Waals surface area (Å²) in [6.45, 7) is 3.66. The van der Waals surface area contributed by atoms with Gasteiger partial charge >= 0.3 is 0 Å². The molecule has 4 heteroatoms. The second kappa shape index (κ2) is 6.16. The van der Waals surface area contributed by atoms with E-state index in [-0.39, 0.29) is 5.75 Å². The van der Waals surface area contributed by atoms with Crippen LogP contribution in [0.2, 0.25) is 5.02 Å². The van der Waals surface area contributed by atoms with Crippen molar-refractivity contribution in [1.82, 2.24) is 4.98 Å². The van der Waals surface area contributed by atoms with Gasteiger partial charge in [-0.25, -0.2) is 0 Å². The van der Waals surface area contributed by atoms with E-state index in [9.17, 15) is 5.11 Å². The highest BCUT2D eigenvalue weighted by atomic mass is 35.5. The summed E-state index contributed by atoms with van der Waals surface area (Å²) in [5, 5.41) is 10.6. The van der Waals surface area contributed by atoms with E-state index in [4.69, 9.17) is 11.6 Å². The number of aliphatic imine (C=N–C) groups is 1. The largest absolute Gasteiger partial charge is 0.507 e. The molecule has 3 nitrogen and oxygen atoms in total. The molecule has 1 heterocycles. The van der Waals surface area contributed by atoms with E-state index in [0.717, 1.165) is 5.56 Å². The molecule has 0 amide bonds. The van der Waals surface area contributed by atoms with Gasteiger partial charge in [0.05, 0.1) is 16.9 Å². The molecule has 0 atom stereocenters. The number of phenolic OH excluding ortho intramolecular Hbond substituents is 1. The van der Waals surface area contributed by atoms with Crippen molar-refractivity contribution in [3.8, 4) is 5.75 Å². The molecule has 0 saturated heterocycles. The molecule has 0 radical (unpaired) electrons. The van der Waals surface area contributed by atoms with Gasteiger partial charge in [-0.1, -0.05) is 29.8 Å². The van der Waals surface area contributed by atoms with E-state index in [1.54, 1.807) is 36.8 Å². The third-order valence-corrected chi connectivity index (χ3v) is 2.76. The number of hydrogen-bond acceptors (Lipinski definition) is 3. The smallest absolute Gasteiger partial charge is 0.127 e. The summed E-state index contributed by atoms with van der Waals surface area (Å²) in [4.78, 5) is 8.19. The number of pyridine rings is 1. The highest BCUT2D eigenvalue weighted by Gasteiger charge is 2.03. The fourth-order valence-corrected chi connectivity index (χ4v) is 1.82. The van der Waals surface area contributed by atoms with Gasteiger partial charge in [0, 0.05) is 18.0 Å². The number of para-hydroxylation sites is 1. The second-order valence-electron chi connectivity index (χ2n) is 3.97. The van der Waals surface area contributed by atoms with Crippen molar-refractivity contribution < 1.29 is 5.11 Å². The van der Waals surface area contributed by atoms with Crippen LogP contribution in [0.15, 0.2) is 54.3 Å². The molecule has 0 unspecified atom stereocenters. The Hall–Kier alpha value is -2.13. The van der Waals surface area contributed by atoms with Gasteiger partial charge in [0.2, 0.25) is 0 Å². The van der Waals surface area contributed by atoms with Gasteiger partial charge in [-0.15, -0.1) is 6.58 Å². The third-order valence-electron chi connectivity index (χ3n) is 2.56. The van der Waals surface area contributed by atoms with Crippen molar-refractivity contribution in [3.05, 3.63) is 65.5 Å². The molecule has 0 saturated carbocycles. The monoisotopic (exact) mass is 272 g/mol. The Kier molecular flexibility index (Phi) is 4.31. The lowest BCUT2D eigenvalue weighted by atomic mass is 10.1. The molecule has 96 valence electrons. The van der Waals surface area contributed by atoms with E-state index in [1.807, 2.05) is 12.1 Å². The molecule has 1 N–H and O–H groups in total. The van der Waals surface area contributed by atoms with Crippen molar-refractivity contribution in [2.75, 3.05) is 0 Å². The van der Waals surface area contributed by atoms with Crippen LogP contribution in [0.5, 0.6) is 5.75 Å². The first-order valence-corrected chi connectivity index (χ1v) is 6.15. The predicted molar refractivity (Wildman–Crippen MR) is 78.5 cm³/mol. The predicted octanol–water partition coefficient (Wildman–Crippen LogP) is 3.92. The van der Waals surface area contributed by atoms with Crippen LogP contribution in [0.4, 0.5) is 5.69 Å². The summed E-state index contributed by atoms with van der Waals surface area (Å²) in [5.74, 6) is 0.223. The highest BCUT2D eigenvalue weighted by Crippen LogP contribution is 2.23. The molecule has 0 spiro atoms. The topological polar surface area (TPSA) is 45.5 Å². The molecular formula is C15H13ClN2O. The molecule has 2 rings (SSSR count). The first-order chi connectivity index (χ1) is 9.20. The lowest BCUT2D eigenvalue weighted by molar-refractivity contribution is 0.469. The summed E-state index contributed by atoms with van der Waals surface area (Å²) >= 11 is 5.83. The van der Waals surface area contributed by atoms with E-state index >= 15 is 0 Å². The maximum Gasteiger partial charge on any atom is 0.127 e. The molecule has 0 aliphatic rings. The van der Waals surface area contributed by atoms with Gasteiger partial charge in [0.1, 0.15) is 5.75 Å². The van der Waals surface area contributed by atoms with Crippen LogP contribution in [0, 0.1) is 0 Å². The van der Waals surface area contributed by atoms with E-state index in [0.29, 0.717) is 22.7 Å². The number of nitrogens with zero attached hydrogens (tertiary/aromatic N) is 2. The molecule has 1 aromatic heterocycles. The lowest BCUT2D eigenvalue weighted by Gasteiger charge is -2.04. The minimum Gasteiger partial charge on any atom is -0.507 e. The number of allylic oxidation sites excluding steroid dienone is 1. The van der Waals surface area contributed by atoms with Crippen LogP contribution < -0.4 is 0 Å². The summed E-state index contributed by atoms with van der Waals surface area (Å²) in [6.07, 6.45) is 7.11. The zero-order valence-corrected chi connectivity index (χ0v) is 11.0. The Morgan fingerprint density at radius 1 is 1.37 bits per heavy atom. The van der Waals surface area contributed by atoms with E-state index in [1.165, 1.54) is 0 Å². The fourth-order valence-electron chi connectivity index (χ4n) is 1.65. The van der Waals surface area contributed by atoms with Gasteiger partial charge in [-0.05, 0) is 24.1 Å². The van der Waals surface area contributed by atoms with Crippen molar-refractivity contribution >= 4 is 23.5 Å². The van der Waals surface area contributed by atoms with E-state index in [2.05, 4.69) is 16.6 Å². The molecule has 0 fully saturated rings. The molecule has 2 aromatic rings. The van der Waals surface area contributed by atoms with Gasteiger partial charge in [-0.3, -0.25) is 9.98 Å². The number of aromatic nitrogens is 1. The summed E-state index contributed by atoms with van der Waals surface area (Å²) in [5.41, 5.74) is 2.11. The standard InChI is InChI=1S/C15H13ClN2O/c1-2-4-11-5-3-6-12(15(11)19)8-18-14-7-13(16)9-17-10-14/h2-3,5-10,19H,1,4H2. The van der Waals surface area contributed by atoms with Crippen LogP contribution in [-0.4, -0.2) is 16.3 Å². The highest BCUT2D eigenvalue weighted by molar-refractivity contribution is 6.30. The number of benzene rings is 1. The van der Waals surface area contributed by atoms with Crippen molar-refractivity contribution in [2.24, 2.45) is 4.99 Å². The van der Waals surface area contributed by atoms with Gasteiger partial charge in [-0.2, -0.15) is 0 Å². The average molecular weight is 273 g/mol. The first-order valence-electron chi connectivity index (χ1n) is 5.77. The summed E-state index contributed by atoms with van der Waals surface area (Å²) in [7, 11) is 0. The van der Waals surface area contributed by atoms with Crippen molar-refractivity contribution in [3.63, 3.8) is 0 Å². The Labute approximate surface area is 116 Å². The lowest BCUT2D eigenvalue weighted by Crippen LogP contribution is -1.88. The number of hydrogen-bond donors (Lipinski definition) is 1. The molecule has 0 bridgehead atoms. The molecular weight excluding hydrogens is 260 g/mol. The Morgan fingerprint density at radius 3 is 2.95 bits per heavy atom. The first kappa shape index (κ1) is 13.3. The second-order valence-corrected chi connectivity index (χ2v) is 4.40. The maximum absolute atomic E-state index is 10.1. The van der Waals surface area contributed by atoms with Crippen LogP contribution in [-0.2, 0) is 6.42 Å². The quantitative estimate of drug-likeness (QED) is 0.677. The van der Waals surface area contributed by atoms with E-state index < -0.39 is 0 Å². The number of halogens is 1. The SMILES string of the molecule is C=CCc1cccc(C=Nc2cncc(Cl)c2)c1O. The van der Waals surface area contributed by atoms with Gasteiger partial charge < -0.3 is 5.11 Å². The zero-order chi connectivity index (χ0) is 13.7. The summed E-state index contributed by atoms with van der Waals surface area (Å²) in [6, 6.07) is 7.23. The van der Waals surface area contributed by atoms with Crippen molar-refractivity contribution in [1.29, 1.82) is 0 Å². The third kappa shape index (κ3) is 3.42. The van der Waals surface area contributed by atoms with Gasteiger partial charge in [0.15, 0.2) is 0 Å². The number of phenols is 1. The van der Waals surface area contributed by atoms with Gasteiger partial charge in [0.25, 0.3) is 0 Å². The molecule has 1 aromatic carbocycles. The maximum atomic E-state index is 10.1. The zero-order valence-electron chi connectivity index (χ0n) is 10.3.